The fraction of sp³-hybridized carbons (Fsp3) is 0.800. The van der Waals surface area contributed by atoms with E-state index in [0.29, 0.717) is 13.1 Å². The molecule has 1 aromatic rings. The maximum atomic E-state index is 10.8. The van der Waals surface area contributed by atoms with E-state index in [9.17, 15) is 10.2 Å². The average Bonchev–Trinajstić information content (AvgIpc) is 2.77. The molecule has 0 saturated heterocycles. The first-order valence-electron chi connectivity index (χ1n) is 14.0. The van der Waals surface area contributed by atoms with Crippen LogP contribution >= 0.6 is 0 Å². The van der Waals surface area contributed by atoms with E-state index >= 15 is 0 Å². The summed E-state index contributed by atoms with van der Waals surface area (Å²) in [5.41, 5.74) is 2.54. The summed E-state index contributed by atoms with van der Waals surface area (Å²) in [6, 6.07) is 8.72. The van der Waals surface area contributed by atoms with Crippen molar-refractivity contribution >= 4 is 5.69 Å². The fourth-order valence-electron chi connectivity index (χ4n) is 4.47. The van der Waals surface area contributed by atoms with Crippen LogP contribution in [0.15, 0.2) is 24.3 Å². The Hall–Kier alpha value is -1.06. The van der Waals surface area contributed by atoms with Gasteiger partial charge in [-0.1, -0.05) is 124 Å². The Labute approximate surface area is 206 Å². The van der Waals surface area contributed by atoms with Crippen LogP contribution in [0.4, 0.5) is 5.69 Å². The summed E-state index contributed by atoms with van der Waals surface area (Å²) in [7, 11) is 0. The smallest absolute Gasteiger partial charge is 0.0715 e. The van der Waals surface area contributed by atoms with Gasteiger partial charge in [-0.15, -0.1) is 0 Å². The maximum Gasteiger partial charge on any atom is 0.0715 e. The lowest BCUT2D eigenvalue weighted by molar-refractivity contribution is 0.145. The monoisotopic (exact) mass is 461 g/mol. The second-order valence-electron chi connectivity index (χ2n) is 11.1. The number of hydrogen-bond acceptors (Lipinski definition) is 3. The Morgan fingerprint density at radius 3 is 1.42 bits per heavy atom. The van der Waals surface area contributed by atoms with Crippen LogP contribution in [-0.2, 0) is 5.41 Å². The molecule has 0 heterocycles. The fourth-order valence-corrected chi connectivity index (χ4v) is 4.47. The molecule has 0 bridgehead atoms. The van der Waals surface area contributed by atoms with Crippen LogP contribution in [0.3, 0.4) is 0 Å². The predicted molar refractivity (Wildman–Crippen MR) is 145 cm³/mol. The molecule has 0 spiro atoms. The van der Waals surface area contributed by atoms with Gasteiger partial charge in [-0.05, 0) is 36.0 Å². The molecule has 0 aliphatic heterocycles. The standard InChI is InChI=1S/C30H55NO2/c1-6-8-10-12-14-16-18-28(32)24-31(25-29(33)19-17-15-13-11-9-7-2)27-22-20-26(21-23-27)30(3,4)5/h20-23,28-29,32-33H,6-19,24-25H2,1-5H3. The average molecular weight is 462 g/mol. The minimum Gasteiger partial charge on any atom is -0.391 e. The first-order valence-corrected chi connectivity index (χ1v) is 14.0. The molecule has 192 valence electrons. The number of rotatable bonds is 19. The molecule has 33 heavy (non-hydrogen) atoms. The summed E-state index contributed by atoms with van der Waals surface area (Å²) in [5, 5.41) is 21.5. The number of aliphatic hydroxyl groups is 2. The first kappa shape index (κ1) is 30.0. The van der Waals surface area contributed by atoms with Crippen LogP contribution in [0.25, 0.3) is 0 Å². The van der Waals surface area contributed by atoms with Gasteiger partial charge in [0.2, 0.25) is 0 Å². The zero-order valence-corrected chi connectivity index (χ0v) is 22.6. The van der Waals surface area contributed by atoms with E-state index in [1.807, 2.05) is 0 Å². The van der Waals surface area contributed by atoms with Gasteiger partial charge in [0.05, 0.1) is 12.2 Å². The van der Waals surface area contributed by atoms with Crippen LogP contribution in [-0.4, -0.2) is 35.5 Å². The number of hydrogen-bond donors (Lipinski definition) is 2. The van der Waals surface area contributed by atoms with Crippen molar-refractivity contribution in [2.45, 2.75) is 142 Å². The van der Waals surface area contributed by atoms with Gasteiger partial charge in [0.1, 0.15) is 0 Å². The lowest BCUT2D eigenvalue weighted by Crippen LogP contribution is -2.38. The van der Waals surface area contributed by atoms with E-state index in [1.54, 1.807) is 0 Å². The third-order valence-corrected chi connectivity index (χ3v) is 6.74. The molecule has 3 heteroatoms. The van der Waals surface area contributed by atoms with Crippen LogP contribution < -0.4 is 4.90 Å². The molecule has 2 N–H and O–H groups in total. The normalized spacial score (nSPS) is 13.8. The molecule has 0 radical (unpaired) electrons. The largest absolute Gasteiger partial charge is 0.391 e. The van der Waals surface area contributed by atoms with Gasteiger partial charge in [-0.2, -0.15) is 0 Å². The summed E-state index contributed by atoms with van der Waals surface area (Å²) in [6.07, 6.45) is 15.9. The SMILES string of the molecule is CCCCCCCCC(O)CN(CC(O)CCCCCCCC)c1ccc(C(C)(C)C)cc1. The highest BCUT2D eigenvalue weighted by atomic mass is 16.3. The van der Waals surface area contributed by atoms with E-state index < -0.39 is 0 Å². The lowest BCUT2D eigenvalue weighted by Gasteiger charge is -2.30. The topological polar surface area (TPSA) is 43.7 Å². The van der Waals surface area contributed by atoms with Crippen molar-refractivity contribution in [2.75, 3.05) is 18.0 Å². The number of anilines is 1. The van der Waals surface area contributed by atoms with E-state index in [0.717, 1.165) is 31.4 Å². The second kappa shape index (κ2) is 17.4. The predicted octanol–water partition coefficient (Wildman–Crippen LogP) is 8.01. The number of nitrogens with zero attached hydrogens (tertiary/aromatic N) is 1. The van der Waals surface area contributed by atoms with Gasteiger partial charge >= 0.3 is 0 Å². The van der Waals surface area contributed by atoms with E-state index in [2.05, 4.69) is 63.8 Å². The van der Waals surface area contributed by atoms with E-state index in [1.165, 1.54) is 69.8 Å². The van der Waals surface area contributed by atoms with Gasteiger partial charge in [0.25, 0.3) is 0 Å². The minimum atomic E-state index is -0.347. The van der Waals surface area contributed by atoms with Gasteiger partial charge in [0, 0.05) is 18.8 Å². The molecule has 0 aromatic heterocycles. The van der Waals surface area contributed by atoms with Crippen molar-refractivity contribution in [1.82, 2.24) is 0 Å². The molecular weight excluding hydrogens is 406 g/mol. The van der Waals surface area contributed by atoms with Crippen molar-refractivity contribution in [3.63, 3.8) is 0 Å². The molecule has 0 aliphatic carbocycles. The zero-order valence-electron chi connectivity index (χ0n) is 22.6. The van der Waals surface area contributed by atoms with Gasteiger partial charge in [-0.3, -0.25) is 0 Å². The molecule has 2 atom stereocenters. The Morgan fingerprint density at radius 1 is 0.636 bits per heavy atom. The third-order valence-electron chi connectivity index (χ3n) is 6.74. The zero-order chi connectivity index (χ0) is 24.5. The molecule has 1 rings (SSSR count). The van der Waals surface area contributed by atoms with Crippen LogP contribution in [0.5, 0.6) is 0 Å². The highest BCUT2D eigenvalue weighted by Gasteiger charge is 2.18. The second-order valence-corrected chi connectivity index (χ2v) is 11.1. The van der Waals surface area contributed by atoms with Gasteiger partial charge < -0.3 is 15.1 Å². The van der Waals surface area contributed by atoms with E-state index in [-0.39, 0.29) is 17.6 Å². The molecule has 2 unspecified atom stereocenters. The summed E-state index contributed by atoms with van der Waals surface area (Å²) < 4.78 is 0. The summed E-state index contributed by atoms with van der Waals surface area (Å²) >= 11 is 0. The summed E-state index contributed by atoms with van der Waals surface area (Å²) in [4.78, 5) is 2.20. The Bertz CT molecular complexity index is 554. The first-order chi connectivity index (χ1) is 15.8. The number of benzene rings is 1. The lowest BCUT2D eigenvalue weighted by atomic mass is 9.87. The van der Waals surface area contributed by atoms with Crippen molar-refractivity contribution in [2.24, 2.45) is 0 Å². The molecule has 0 fully saturated rings. The molecular formula is C30H55NO2. The Balaban J connectivity index is 2.62. The molecule has 0 aliphatic rings. The maximum absolute atomic E-state index is 10.8. The Kier molecular flexibility index (Phi) is 15.8. The van der Waals surface area contributed by atoms with Gasteiger partial charge in [0.15, 0.2) is 0 Å². The van der Waals surface area contributed by atoms with Gasteiger partial charge in [-0.25, -0.2) is 0 Å². The summed E-state index contributed by atoms with van der Waals surface area (Å²) in [5.74, 6) is 0. The highest BCUT2D eigenvalue weighted by Crippen LogP contribution is 2.26. The molecule has 0 amide bonds. The number of unbranched alkanes of at least 4 members (excludes halogenated alkanes) is 10. The van der Waals surface area contributed by atoms with E-state index in [4.69, 9.17) is 0 Å². The number of aliphatic hydroxyl groups excluding tert-OH is 2. The quantitative estimate of drug-likeness (QED) is 0.205. The third kappa shape index (κ3) is 14.1. The highest BCUT2D eigenvalue weighted by molar-refractivity contribution is 5.49. The summed E-state index contributed by atoms with van der Waals surface area (Å²) in [6.45, 7) is 12.4. The Morgan fingerprint density at radius 2 is 1.03 bits per heavy atom. The van der Waals surface area contributed by atoms with Crippen LogP contribution in [0, 0.1) is 0 Å². The van der Waals surface area contributed by atoms with Crippen molar-refractivity contribution in [3.05, 3.63) is 29.8 Å². The molecule has 3 nitrogen and oxygen atoms in total. The van der Waals surface area contributed by atoms with Crippen LogP contribution in [0.1, 0.15) is 130 Å². The van der Waals surface area contributed by atoms with Crippen molar-refractivity contribution in [3.8, 4) is 0 Å². The van der Waals surface area contributed by atoms with Crippen molar-refractivity contribution < 1.29 is 10.2 Å². The van der Waals surface area contributed by atoms with Crippen molar-refractivity contribution in [1.29, 1.82) is 0 Å². The molecule has 0 saturated carbocycles. The minimum absolute atomic E-state index is 0.123. The molecule has 1 aromatic carbocycles. The van der Waals surface area contributed by atoms with Crippen LogP contribution in [0.2, 0.25) is 0 Å².